The third-order valence-corrected chi connectivity index (χ3v) is 3.60. The molecule has 0 spiro atoms. The van der Waals surface area contributed by atoms with Crippen molar-refractivity contribution < 1.29 is 14.4 Å². The number of hydrogen-bond acceptors (Lipinski definition) is 4. The summed E-state index contributed by atoms with van der Waals surface area (Å²) in [6.45, 7) is 0. The smallest absolute Gasteiger partial charge is 0.237 e. The number of fused-ring (bicyclic) bond motifs is 1. The standard InChI is InChI=1S/C16H19N4O3/c17-13(5-6-15(18)22)16(23)20-11(9-21)7-10-8-19-14-4-2-1-3-12(10)14/h1-4,8,11,13,19H,5-7,17H2,(H2,18,22)(H,20,23)/t11-,13-/m0/s1. The van der Waals surface area contributed by atoms with Crippen LogP contribution in [0.4, 0.5) is 0 Å². The van der Waals surface area contributed by atoms with E-state index in [4.69, 9.17) is 11.5 Å². The molecule has 1 heterocycles. The maximum absolute atomic E-state index is 11.9. The summed E-state index contributed by atoms with van der Waals surface area (Å²) in [5, 5.41) is 3.53. The van der Waals surface area contributed by atoms with Gasteiger partial charge in [0, 0.05) is 29.9 Å². The summed E-state index contributed by atoms with van der Waals surface area (Å²) in [5.41, 5.74) is 12.6. The third-order valence-electron chi connectivity index (χ3n) is 3.60. The molecule has 0 aliphatic rings. The van der Waals surface area contributed by atoms with Gasteiger partial charge in [0.15, 0.2) is 0 Å². The van der Waals surface area contributed by atoms with Crippen LogP contribution in [-0.2, 0) is 20.8 Å². The molecule has 0 aliphatic heterocycles. The Morgan fingerprint density at radius 2 is 2.04 bits per heavy atom. The van der Waals surface area contributed by atoms with Crippen LogP contribution in [0.5, 0.6) is 0 Å². The van der Waals surface area contributed by atoms with Crippen molar-refractivity contribution in [2.24, 2.45) is 11.5 Å². The monoisotopic (exact) mass is 315 g/mol. The van der Waals surface area contributed by atoms with Crippen LogP contribution in [0, 0.1) is 0 Å². The fraction of sp³-hybridized carbons (Fsp3) is 0.312. The molecule has 0 saturated heterocycles. The van der Waals surface area contributed by atoms with Crippen molar-refractivity contribution in [1.82, 2.24) is 10.3 Å². The van der Waals surface area contributed by atoms with Gasteiger partial charge in [0.25, 0.3) is 0 Å². The van der Waals surface area contributed by atoms with E-state index in [0.717, 1.165) is 16.5 Å². The van der Waals surface area contributed by atoms with Crippen LogP contribution in [0.25, 0.3) is 10.9 Å². The van der Waals surface area contributed by atoms with Crippen molar-refractivity contribution in [3.8, 4) is 0 Å². The van der Waals surface area contributed by atoms with Crippen molar-refractivity contribution in [2.45, 2.75) is 31.3 Å². The summed E-state index contributed by atoms with van der Waals surface area (Å²) >= 11 is 0. The predicted octanol–water partition coefficient (Wildman–Crippen LogP) is -0.102. The highest BCUT2D eigenvalue weighted by atomic mass is 16.2. The van der Waals surface area contributed by atoms with Gasteiger partial charge in [0.05, 0.1) is 12.1 Å². The molecule has 0 fully saturated rings. The lowest BCUT2D eigenvalue weighted by atomic mass is 10.0. The van der Waals surface area contributed by atoms with Crippen LogP contribution in [0.2, 0.25) is 0 Å². The number of benzene rings is 1. The lowest BCUT2D eigenvalue weighted by Crippen LogP contribution is -2.47. The Bertz CT molecular complexity index is 710. The largest absolute Gasteiger partial charge is 0.370 e. The topological polar surface area (TPSA) is 131 Å². The second-order valence-corrected chi connectivity index (χ2v) is 5.35. The highest BCUT2D eigenvalue weighted by molar-refractivity contribution is 5.86. The van der Waals surface area contributed by atoms with Gasteiger partial charge < -0.3 is 21.8 Å². The van der Waals surface area contributed by atoms with Gasteiger partial charge in [-0.3, -0.25) is 14.4 Å². The molecule has 121 valence electrons. The number of carbonyl (C=O) groups is 2. The average Bonchev–Trinajstić information content (AvgIpc) is 2.94. The van der Waals surface area contributed by atoms with Crippen molar-refractivity contribution in [1.29, 1.82) is 0 Å². The van der Waals surface area contributed by atoms with Crippen LogP contribution in [0.15, 0.2) is 30.5 Å². The first-order valence-corrected chi connectivity index (χ1v) is 7.28. The Balaban J connectivity index is 1.98. The van der Waals surface area contributed by atoms with E-state index in [1.54, 1.807) is 6.20 Å². The molecule has 0 unspecified atom stereocenters. The number of para-hydroxylation sites is 1. The van der Waals surface area contributed by atoms with Crippen LogP contribution in [0.3, 0.4) is 0 Å². The van der Waals surface area contributed by atoms with Gasteiger partial charge in [0.2, 0.25) is 18.1 Å². The minimum Gasteiger partial charge on any atom is -0.370 e. The molecule has 1 aromatic heterocycles. The molecule has 23 heavy (non-hydrogen) atoms. The summed E-state index contributed by atoms with van der Waals surface area (Å²) in [4.78, 5) is 36.9. The zero-order valence-electron chi connectivity index (χ0n) is 12.5. The molecular formula is C16H19N4O3. The molecule has 2 rings (SSSR count). The molecule has 0 aliphatic carbocycles. The van der Waals surface area contributed by atoms with Crippen LogP contribution in [0.1, 0.15) is 18.4 Å². The highest BCUT2D eigenvalue weighted by Gasteiger charge is 2.20. The van der Waals surface area contributed by atoms with E-state index < -0.39 is 23.9 Å². The number of nitrogens with two attached hydrogens (primary N) is 2. The van der Waals surface area contributed by atoms with E-state index in [2.05, 4.69) is 10.3 Å². The molecule has 7 heteroatoms. The summed E-state index contributed by atoms with van der Waals surface area (Å²) in [6.07, 6.45) is 4.08. The Labute approximate surface area is 133 Å². The Morgan fingerprint density at radius 1 is 1.30 bits per heavy atom. The normalized spacial score (nSPS) is 13.4. The maximum Gasteiger partial charge on any atom is 0.237 e. The molecule has 2 aromatic rings. The van der Waals surface area contributed by atoms with Gasteiger partial charge in [-0.15, -0.1) is 0 Å². The molecule has 0 saturated carbocycles. The van der Waals surface area contributed by atoms with Crippen molar-refractivity contribution in [2.75, 3.05) is 0 Å². The summed E-state index contributed by atoms with van der Waals surface area (Å²) < 4.78 is 0. The van der Waals surface area contributed by atoms with Crippen molar-refractivity contribution >= 4 is 29.0 Å². The average molecular weight is 315 g/mol. The number of rotatable bonds is 8. The molecule has 1 aromatic carbocycles. The number of aromatic nitrogens is 1. The zero-order chi connectivity index (χ0) is 16.8. The third kappa shape index (κ3) is 4.40. The van der Waals surface area contributed by atoms with Crippen LogP contribution >= 0.6 is 0 Å². The Kier molecular flexibility index (Phi) is 5.48. The second-order valence-electron chi connectivity index (χ2n) is 5.35. The van der Waals surface area contributed by atoms with E-state index in [-0.39, 0.29) is 12.8 Å². The number of hydrogen-bond donors (Lipinski definition) is 4. The van der Waals surface area contributed by atoms with E-state index in [1.807, 2.05) is 30.6 Å². The van der Waals surface area contributed by atoms with Crippen molar-refractivity contribution in [3.05, 3.63) is 36.0 Å². The molecule has 0 bridgehead atoms. The second kappa shape index (κ2) is 7.55. The highest BCUT2D eigenvalue weighted by Crippen LogP contribution is 2.18. The molecule has 1 radical (unpaired) electrons. The van der Waals surface area contributed by atoms with Gasteiger partial charge >= 0.3 is 0 Å². The summed E-state index contributed by atoms with van der Waals surface area (Å²) in [5.74, 6) is -1.02. The number of H-pyrrole nitrogens is 1. The van der Waals surface area contributed by atoms with Gasteiger partial charge in [-0.2, -0.15) is 0 Å². The SMILES string of the molecule is NC(=O)CC[C@H](N)C(=O)N[C@H]([C]=O)Cc1c[nH]c2ccccc12. The number of amides is 2. The first-order chi connectivity index (χ1) is 11.0. The number of aromatic amines is 1. The lowest BCUT2D eigenvalue weighted by Gasteiger charge is -2.15. The fourth-order valence-electron chi connectivity index (χ4n) is 2.35. The Morgan fingerprint density at radius 3 is 2.74 bits per heavy atom. The first kappa shape index (κ1) is 16.7. The molecule has 6 N–H and O–H groups in total. The van der Waals surface area contributed by atoms with Gasteiger partial charge in [-0.1, -0.05) is 18.2 Å². The van der Waals surface area contributed by atoms with E-state index in [1.165, 1.54) is 0 Å². The number of carbonyl (C=O) groups excluding carboxylic acids is 3. The molecule has 2 amide bonds. The Hall–Kier alpha value is -2.67. The van der Waals surface area contributed by atoms with E-state index >= 15 is 0 Å². The van der Waals surface area contributed by atoms with Crippen molar-refractivity contribution in [3.63, 3.8) is 0 Å². The van der Waals surface area contributed by atoms with Crippen LogP contribution < -0.4 is 16.8 Å². The summed E-state index contributed by atoms with van der Waals surface area (Å²) in [6, 6.07) is 5.98. The molecular weight excluding hydrogens is 296 g/mol. The first-order valence-electron chi connectivity index (χ1n) is 7.28. The zero-order valence-corrected chi connectivity index (χ0v) is 12.5. The van der Waals surface area contributed by atoms with Gasteiger partial charge in [-0.05, 0) is 18.1 Å². The lowest BCUT2D eigenvalue weighted by molar-refractivity contribution is -0.123. The minimum absolute atomic E-state index is 0.0203. The van der Waals surface area contributed by atoms with Crippen LogP contribution in [-0.4, -0.2) is 35.2 Å². The van der Waals surface area contributed by atoms with E-state index in [9.17, 15) is 14.4 Å². The number of nitrogens with one attached hydrogen (secondary N) is 2. The number of primary amides is 1. The summed E-state index contributed by atoms with van der Waals surface area (Å²) in [7, 11) is 0. The fourth-order valence-corrected chi connectivity index (χ4v) is 2.35. The van der Waals surface area contributed by atoms with Gasteiger partial charge in [-0.25, -0.2) is 0 Å². The predicted molar refractivity (Wildman–Crippen MR) is 86.0 cm³/mol. The molecule has 7 nitrogen and oxygen atoms in total. The molecule has 2 atom stereocenters. The minimum atomic E-state index is -0.888. The quantitative estimate of drug-likeness (QED) is 0.541. The van der Waals surface area contributed by atoms with E-state index in [0.29, 0.717) is 6.42 Å². The maximum atomic E-state index is 11.9. The van der Waals surface area contributed by atoms with Gasteiger partial charge in [0.1, 0.15) is 0 Å².